The lowest BCUT2D eigenvalue weighted by Gasteiger charge is -2.28. The summed E-state index contributed by atoms with van der Waals surface area (Å²) in [6.45, 7) is 2.68. The molecule has 0 saturated carbocycles. The summed E-state index contributed by atoms with van der Waals surface area (Å²) in [5, 5.41) is 0.509. The Morgan fingerprint density at radius 3 is 2.67 bits per heavy atom. The van der Waals surface area contributed by atoms with Crippen molar-refractivity contribution in [1.82, 2.24) is 14.4 Å². The number of morpholine rings is 1. The van der Waals surface area contributed by atoms with Gasteiger partial charge in [0, 0.05) is 40.2 Å². The van der Waals surface area contributed by atoms with Crippen LogP contribution in [0.3, 0.4) is 0 Å². The van der Waals surface area contributed by atoms with Gasteiger partial charge in [-0.2, -0.15) is 0 Å². The monoisotopic (exact) mass is 569 g/mol. The number of carbonyl (C=O) groups is 3. The normalized spacial score (nSPS) is 17.4. The van der Waals surface area contributed by atoms with E-state index in [1.807, 2.05) is 54.7 Å². The van der Waals surface area contributed by atoms with Crippen molar-refractivity contribution in [2.75, 3.05) is 39.5 Å². The van der Waals surface area contributed by atoms with E-state index >= 15 is 0 Å². The average Bonchev–Trinajstić information content (AvgIpc) is 3.36. The Bertz CT molecular complexity index is 1330. The molecule has 0 spiro atoms. The maximum atomic E-state index is 13.1. The van der Waals surface area contributed by atoms with E-state index in [0.717, 1.165) is 43.4 Å². The highest BCUT2D eigenvalue weighted by Crippen LogP contribution is 2.35. The van der Waals surface area contributed by atoms with Crippen molar-refractivity contribution in [3.63, 3.8) is 0 Å². The van der Waals surface area contributed by atoms with Gasteiger partial charge in [0.1, 0.15) is 18.9 Å². The highest BCUT2D eigenvalue weighted by atomic mass is 79.9. The first kappa shape index (κ1) is 24.6. The number of nitrogens with zero attached hydrogens (tertiary/aromatic N) is 3. The molecule has 2 aliphatic heterocycles. The molecule has 0 atom stereocenters. The molecule has 1 aromatic heterocycles. The number of hydrogen-bond donors (Lipinski definition) is 0. The van der Waals surface area contributed by atoms with Gasteiger partial charge in [0.2, 0.25) is 5.91 Å². The molecule has 2 fully saturated rings. The van der Waals surface area contributed by atoms with Gasteiger partial charge >= 0.3 is 0 Å². The minimum absolute atomic E-state index is 0.249. The van der Waals surface area contributed by atoms with Crippen LogP contribution in [-0.4, -0.2) is 70.9 Å². The number of imide groups is 1. The Kier molecular flexibility index (Phi) is 7.45. The van der Waals surface area contributed by atoms with E-state index < -0.39 is 11.1 Å². The van der Waals surface area contributed by atoms with E-state index in [1.165, 1.54) is 0 Å². The second kappa shape index (κ2) is 10.9. The van der Waals surface area contributed by atoms with Crippen LogP contribution < -0.4 is 4.74 Å². The van der Waals surface area contributed by atoms with Gasteiger partial charge in [-0.05, 0) is 48.2 Å². The summed E-state index contributed by atoms with van der Waals surface area (Å²) in [6.07, 6.45) is 3.69. The van der Waals surface area contributed by atoms with Crippen LogP contribution in [0.5, 0.6) is 5.75 Å². The molecule has 3 aromatic rings. The van der Waals surface area contributed by atoms with Gasteiger partial charge < -0.3 is 18.9 Å². The molecule has 36 heavy (non-hydrogen) atoms. The van der Waals surface area contributed by atoms with Gasteiger partial charge in [0.05, 0.1) is 24.7 Å². The zero-order valence-electron chi connectivity index (χ0n) is 19.4. The van der Waals surface area contributed by atoms with Crippen molar-refractivity contribution >= 4 is 61.7 Å². The third-order valence-electron chi connectivity index (χ3n) is 6.04. The summed E-state index contributed by atoms with van der Waals surface area (Å²) in [7, 11) is 0. The summed E-state index contributed by atoms with van der Waals surface area (Å²) in [5.74, 6) is 0.105. The van der Waals surface area contributed by atoms with E-state index in [9.17, 15) is 14.4 Å². The quantitative estimate of drug-likeness (QED) is 0.393. The van der Waals surface area contributed by atoms with Gasteiger partial charge in [-0.1, -0.05) is 34.1 Å². The fourth-order valence-electron chi connectivity index (χ4n) is 4.20. The van der Waals surface area contributed by atoms with Crippen molar-refractivity contribution in [3.8, 4) is 5.75 Å². The van der Waals surface area contributed by atoms with E-state index in [1.54, 1.807) is 11.0 Å². The summed E-state index contributed by atoms with van der Waals surface area (Å²) in [5.41, 5.74) is 1.80. The third-order valence-corrected chi connectivity index (χ3v) is 7.44. The number of amides is 3. The number of fused-ring (bicyclic) bond motifs is 1. The molecule has 3 heterocycles. The Morgan fingerprint density at radius 2 is 1.89 bits per heavy atom. The molecule has 0 unspecified atom stereocenters. The van der Waals surface area contributed by atoms with Crippen LogP contribution in [0.1, 0.15) is 5.56 Å². The summed E-state index contributed by atoms with van der Waals surface area (Å²) >= 11 is 4.39. The van der Waals surface area contributed by atoms with Crippen molar-refractivity contribution in [2.24, 2.45) is 0 Å². The second-order valence-electron chi connectivity index (χ2n) is 8.36. The van der Waals surface area contributed by atoms with E-state index in [2.05, 4.69) is 20.5 Å². The number of carbonyl (C=O) groups excluding carboxylic acids is 3. The lowest BCUT2D eigenvalue weighted by molar-refractivity contribution is -0.139. The largest absolute Gasteiger partial charge is 0.492 e. The standard InChI is InChI=1S/C26H24BrN3O5S/c27-19-6-7-22-21(15-19)18(16-29(22)10-13-35-20-4-2-1-3-5-20)14-23-25(32)30(26(33)36-23)17-24(31)28-8-11-34-12-9-28/h1-7,14-16H,8-13,17H2/b23-14-. The van der Waals surface area contributed by atoms with Crippen LogP contribution in [0, 0.1) is 0 Å². The van der Waals surface area contributed by atoms with Crippen LogP contribution in [0.25, 0.3) is 17.0 Å². The van der Waals surface area contributed by atoms with Crippen molar-refractivity contribution in [3.05, 3.63) is 69.7 Å². The van der Waals surface area contributed by atoms with Gasteiger partial charge in [0.15, 0.2) is 0 Å². The molecule has 10 heteroatoms. The molecule has 186 valence electrons. The predicted octanol–water partition coefficient (Wildman–Crippen LogP) is 4.38. The Balaban J connectivity index is 1.35. The molecule has 3 amide bonds. The number of ether oxygens (including phenoxy) is 2. The van der Waals surface area contributed by atoms with Crippen molar-refractivity contribution < 1.29 is 23.9 Å². The third kappa shape index (κ3) is 5.35. The molecular weight excluding hydrogens is 546 g/mol. The van der Waals surface area contributed by atoms with Crippen LogP contribution in [0.4, 0.5) is 4.79 Å². The fourth-order valence-corrected chi connectivity index (χ4v) is 5.39. The molecular formula is C26H24BrN3O5S. The Labute approximate surface area is 220 Å². The highest BCUT2D eigenvalue weighted by Gasteiger charge is 2.37. The van der Waals surface area contributed by atoms with E-state index in [-0.39, 0.29) is 12.5 Å². The molecule has 0 aliphatic carbocycles. The first-order valence-electron chi connectivity index (χ1n) is 11.6. The minimum atomic E-state index is -0.449. The van der Waals surface area contributed by atoms with Gasteiger partial charge in [-0.15, -0.1) is 0 Å². The summed E-state index contributed by atoms with van der Waals surface area (Å²) in [6, 6.07) is 15.6. The van der Waals surface area contributed by atoms with E-state index in [4.69, 9.17) is 9.47 Å². The van der Waals surface area contributed by atoms with Crippen LogP contribution in [-0.2, 0) is 20.9 Å². The van der Waals surface area contributed by atoms with Crippen LogP contribution in [0.15, 0.2) is 64.1 Å². The average molecular weight is 570 g/mol. The predicted molar refractivity (Wildman–Crippen MR) is 142 cm³/mol. The molecule has 0 bridgehead atoms. The van der Waals surface area contributed by atoms with Gasteiger partial charge in [-0.3, -0.25) is 19.3 Å². The number of rotatable bonds is 7. The lowest BCUT2D eigenvalue weighted by Crippen LogP contribution is -2.46. The van der Waals surface area contributed by atoms with Crippen LogP contribution >= 0.6 is 27.7 Å². The second-order valence-corrected chi connectivity index (χ2v) is 10.3. The van der Waals surface area contributed by atoms with E-state index in [0.29, 0.717) is 44.4 Å². The first-order chi connectivity index (χ1) is 17.5. The van der Waals surface area contributed by atoms with Crippen molar-refractivity contribution in [2.45, 2.75) is 6.54 Å². The number of thioether (sulfide) groups is 1. The molecule has 0 N–H and O–H groups in total. The number of benzene rings is 2. The van der Waals surface area contributed by atoms with Crippen LogP contribution in [0.2, 0.25) is 0 Å². The number of halogens is 1. The minimum Gasteiger partial charge on any atom is -0.492 e. The van der Waals surface area contributed by atoms with Crippen molar-refractivity contribution in [1.29, 1.82) is 0 Å². The molecule has 2 aromatic carbocycles. The number of hydrogen-bond acceptors (Lipinski definition) is 6. The van der Waals surface area contributed by atoms with Gasteiger partial charge in [0.25, 0.3) is 11.1 Å². The molecule has 0 radical (unpaired) electrons. The summed E-state index contributed by atoms with van der Waals surface area (Å²) < 4.78 is 14.1. The Hall–Kier alpha value is -3.08. The fraction of sp³-hybridized carbons (Fsp3) is 0.269. The molecule has 2 aliphatic rings. The topological polar surface area (TPSA) is 81.1 Å². The first-order valence-corrected chi connectivity index (χ1v) is 13.2. The van der Waals surface area contributed by atoms with Gasteiger partial charge in [-0.25, -0.2) is 0 Å². The highest BCUT2D eigenvalue weighted by molar-refractivity contribution is 9.10. The zero-order valence-corrected chi connectivity index (χ0v) is 21.8. The zero-order chi connectivity index (χ0) is 25.1. The lowest BCUT2D eigenvalue weighted by atomic mass is 10.1. The molecule has 5 rings (SSSR count). The molecule has 8 nitrogen and oxygen atoms in total. The smallest absolute Gasteiger partial charge is 0.294 e. The maximum absolute atomic E-state index is 13.1. The SMILES string of the molecule is O=C(CN1C(=O)S/C(=C\c2cn(CCOc3ccccc3)c3ccc(Br)cc23)C1=O)N1CCOCC1. The Morgan fingerprint density at radius 1 is 1.11 bits per heavy atom. The number of aromatic nitrogens is 1. The summed E-state index contributed by atoms with van der Waals surface area (Å²) in [4.78, 5) is 41.2. The number of para-hydroxylation sites is 1. The molecule has 2 saturated heterocycles. The maximum Gasteiger partial charge on any atom is 0.294 e.